The second-order valence-electron chi connectivity index (χ2n) is 8.84. The average molecular weight is 511 g/mol. The minimum Gasteiger partial charge on any atom is -0.497 e. The number of halogens is 1. The molecule has 0 radical (unpaired) electrons. The fourth-order valence-electron chi connectivity index (χ4n) is 4.39. The lowest BCUT2D eigenvalue weighted by molar-refractivity contribution is -0.136. The predicted molar refractivity (Wildman–Crippen MR) is 138 cm³/mol. The minimum absolute atomic E-state index is 0.0302. The molecule has 0 saturated carbocycles. The summed E-state index contributed by atoms with van der Waals surface area (Å²) in [6, 6.07) is 14.5. The maximum atomic E-state index is 13.7. The van der Waals surface area contributed by atoms with Crippen LogP contribution < -0.4 is 9.47 Å². The third kappa shape index (κ3) is 5.70. The van der Waals surface area contributed by atoms with Gasteiger partial charge in [-0.25, -0.2) is 4.39 Å². The molecule has 0 spiro atoms. The molecule has 8 heteroatoms. The molecule has 0 aliphatic carbocycles. The number of amides is 2. The van der Waals surface area contributed by atoms with Gasteiger partial charge in [0, 0.05) is 23.0 Å². The maximum Gasteiger partial charge on any atom is 0.254 e. The first-order valence-electron chi connectivity index (χ1n) is 12.1. The highest BCUT2D eigenvalue weighted by Gasteiger charge is 2.34. The zero-order valence-corrected chi connectivity index (χ0v) is 21.6. The standard InChI is InChI=1S/C28H31FN2O4S/c1-4-19(2)31(28(33)20-6-5-7-23(16-20)34-3)17-27(32)30-14-12-26-24(13-15-36-26)25(30)18-35-22-10-8-21(29)9-11-22/h5-11,13,15-16,19,25H,4,12,14,17-18H2,1-3H3/t19-,25-/m1/s1. The molecule has 190 valence electrons. The van der Waals surface area contributed by atoms with Crippen LogP contribution in [0, 0.1) is 5.82 Å². The van der Waals surface area contributed by atoms with Crippen molar-refractivity contribution in [2.45, 2.75) is 38.8 Å². The fraction of sp³-hybridized carbons (Fsp3) is 0.357. The topological polar surface area (TPSA) is 59.1 Å². The van der Waals surface area contributed by atoms with Crippen molar-refractivity contribution in [1.82, 2.24) is 9.80 Å². The van der Waals surface area contributed by atoms with Crippen molar-refractivity contribution in [3.63, 3.8) is 0 Å². The van der Waals surface area contributed by atoms with Crippen molar-refractivity contribution < 1.29 is 23.5 Å². The van der Waals surface area contributed by atoms with Gasteiger partial charge in [0.25, 0.3) is 5.91 Å². The third-order valence-corrected chi connectivity index (χ3v) is 7.64. The zero-order chi connectivity index (χ0) is 25.7. The number of carbonyl (C=O) groups excluding carboxylic acids is 2. The number of nitrogens with zero attached hydrogens (tertiary/aromatic N) is 2. The molecular weight excluding hydrogens is 479 g/mol. The van der Waals surface area contributed by atoms with Crippen molar-refractivity contribution in [3.05, 3.63) is 81.8 Å². The first kappa shape index (κ1) is 25.7. The molecule has 6 nitrogen and oxygen atoms in total. The van der Waals surface area contributed by atoms with Gasteiger partial charge in [-0.05, 0) is 79.2 Å². The van der Waals surface area contributed by atoms with E-state index in [4.69, 9.17) is 9.47 Å². The largest absolute Gasteiger partial charge is 0.497 e. The van der Waals surface area contributed by atoms with Crippen LogP contribution >= 0.6 is 11.3 Å². The summed E-state index contributed by atoms with van der Waals surface area (Å²) in [5.41, 5.74) is 1.55. The zero-order valence-electron chi connectivity index (χ0n) is 20.8. The summed E-state index contributed by atoms with van der Waals surface area (Å²) in [4.78, 5) is 31.8. The summed E-state index contributed by atoms with van der Waals surface area (Å²) in [6.45, 7) is 4.71. The Kier molecular flexibility index (Phi) is 8.25. The van der Waals surface area contributed by atoms with Gasteiger partial charge in [-0.15, -0.1) is 11.3 Å². The van der Waals surface area contributed by atoms with Crippen LogP contribution in [0.2, 0.25) is 0 Å². The second-order valence-corrected chi connectivity index (χ2v) is 9.84. The van der Waals surface area contributed by atoms with Crippen molar-refractivity contribution in [3.8, 4) is 11.5 Å². The number of thiophene rings is 1. The Balaban J connectivity index is 1.54. The maximum absolute atomic E-state index is 13.7. The van der Waals surface area contributed by atoms with E-state index in [9.17, 15) is 14.0 Å². The highest BCUT2D eigenvalue weighted by molar-refractivity contribution is 7.10. The number of ether oxygens (including phenoxy) is 2. The molecule has 0 fully saturated rings. The van der Waals surface area contributed by atoms with E-state index in [0.717, 1.165) is 18.4 Å². The van der Waals surface area contributed by atoms with Crippen molar-refractivity contribution >= 4 is 23.2 Å². The lowest BCUT2D eigenvalue weighted by Crippen LogP contribution is -2.49. The minimum atomic E-state index is -0.331. The van der Waals surface area contributed by atoms with Gasteiger partial charge >= 0.3 is 0 Å². The van der Waals surface area contributed by atoms with E-state index in [1.54, 1.807) is 59.7 Å². The van der Waals surface area contributed by atoms with E-state index >= 15 is 0 Å². The Labute approximate surface area is 215 Å². The summed E-state index contributed by atoms with van der Waals surface area (Å²) in [6.07, 6.45) is 1.48. The molecule has 2 heterocycles. The highest BCUT2D eigenvalue weighted by Crippen LogP contribution is 2.34. The Morgan fingerprint density at radius 3 is 2.67 bits per heavy atom. The van der Waals surface area contributed by atoms with E-state index < -0.39 is 0 Å². The number of hydrogen-bond acceptors (Lipinski definition) is 5. The molecular formula is C28H31FN2O4S. The molecule has 1 aliphatic rings. The lowest BCUT2D eigenvalue weighted by Gasteiger charge is -2.38. The highest BCUT2D eigenvalue weighted by atomic mass is 32.1. The van der Waals surface area contributed by atoms with Gasteiger partial charge in [0.2, 0.25) is 5.91 Å². The molecule has 3 aromatic rings. The quantitative estimate of drug-likeness (QED) is 0.390. The summed E-state index contributed by atoms with van der Waals surface area (Å²) >= 11 is 1.68. The Morgan fingerprint density at radius 1 is 1.17 bits per heavy atom. The predicted octanol–water partition coefficient (Wildman–Crippen LogP) is 5.34. The first-order valence-corrected chi connectivity index (χ1v) is 13.0. The Bertz CT molecular complexity index is 1200. The van der Waals surface area contributed by atoms with E-state index in [-0.39, 0.29) is 42.9 Å². The van der Waals surface area contributed by atoms with Crippen LogP contribution in [-0.4, -0.2) is 54.5 Å². The number of carbonyl (C=O) groups is 2. The number of methoxy groups -OCH3 is 1. The normalized spacial score (nSPS) is 15.7. The summed E-state index contributed by atoms with van der Waals surface area (Å²) in [5.74, 6) is 0.471. The molecule has 1 aromatic heterocycles. The third-order valence-electron chi connectivity index (χ3n) is 6.64. The van der Waals surface area contributed by atoms with Crippen molar-refractivity contribution in [2.24, 2.45) is 0 Å². The van der Waals surface area contributed by atoms with Gasteiger partial charge < -0.3 is 19.3 Å². The monoisotopic (exact) mass is 510 g/mol. The summed E-state index contributed by atoms with van der Waals surface area (Å²) < 4.78 is 24.6. The molecule has 2 aromatic carbocycles. The lowest BCUT2D eigenvalue weighted by atomic mass is 10.00. The van der Waals surface area contributed by atoms with Crippen LogP contribution in [0.25, 0.3) is 0 Å². The van der Waals surface area contributed by atoms with Crippen LogP contribution in [0.3, 0.4) is 0 Å². The van der Waals surface area contributed by atoms with Gasteiger partial charge in [-0.3, -0.25) is 9.59 Å². The Morgan fingerprint density at radius 2 is 1.94 bits per heavy atom. The Hall–Kier alpha value is -3.39. The molecule has 1 aliphatic heterocycles. The number of hydrogen-bond donors (Lipinski definition) is 0. The van der Waals surface area contributed by atoms with Crippen LogP contribution in [0.4, 0.5) is 4.39 Å². The summed E-state index contributed by atoms with van der Waals surface area (Å²) in [5, 5.41) is 2.03. The fourth-order valence-corrected chi connectivity index (χ4v) is 5.32. The number of fused-ring (bicyclic) bond motifs is 1. The smallest absolute Gasteiger partial charge is 0.254 e. The molecule has 2 amide bonds. The van der Waals surface area contributed by atoms with Crippen molar-refractivity contribution in [2.75, 3.05) is 26.8 Å². The SMILES string of the molecule is CC[C@@H](C)N(CC(=O)N1CCc2sccc2[C@H]1COc1ccc(F)cc1)C(=O)c1cccc(OC)c1. The first-order chi connectivity index (χ1) is 17.4. The van der Waals surface area contributed by atoms with Crippen molar-refractivity contribution in [1.29, 1.82) is 0 Å². The summed E-state index contributed by atoms with van der Waals surface area (Å²) in [7, 11) is 1.56. The molecule has 0 N–H and O–H groups in total. The molecule has 0 saturated heterocycles. The van der Waals surface area contributed by atoms with E-state index in [1.807, 2.05) is 30.2 Å². The van der Waals surface area contributed by atoms with Crippen LogP contribution in [0.5, 0.6) is 11.5 Å². The van der Waals surface area contributed by atoms with Gasteiger partial charge in [-0.2, -0.15) is 0 Å². The van der Waals surface area contributed by atoms with Gasteiger partial charge in [-0.1, -0.05) is 13.0 Å². The van der Waals surface area contributed by atoms with E-state index in [0.29, 0.717) is 23.6 Å². The molecule has 4 rings (SSSR count). The second kappa shape index (κ2) is 11.6. The van der Waals surface area contributed by atoms with Gasteiger partial charge in [0.15, 0.2) is 0 Å². The molecule has 0 bridgehead atoms. The molecule has 36 heavy (non-hydrogen) atoms. The average Bonchev–Trinajstić information content (AvgIpc) is 3.39. The van der Waals surface area contributed by atoms with Gasteiger partial charge in [0.1, 0.15) is 30.5 Å². The van der Waals surface area contributed by atoms with E-state index in [1.165, 1.54) is 17.0 Å². The van der Waals surface area contributed by atoms with Crippen LogP contribution in [-0.2, 0) is 11.2 Å². The number of benzene rings is 2. The number of rotatable bonds is 9. The van der Waals surface area contributed by atoms with Gasteiger partial charge in [0.05, 0.1) is 13.2 Å². The van der Waals surface area contributed by atoms with E-state index in [2.05, 4.69) is 0 Å². The van der Waals surface area contributed by atoms with Crippen LogP contribution in [0.15, 0.2) is 60.0 Å². The van der Waals surface area contributed by atoms with Crippen LogP contribution in [0.1, 0.15) is 47.1 Å². The molecule has 2 atom stereocenters. The molecule has 0 unspecified atom stereocenters.